The highest BCUT2D eigenvalue weighted by atomic mass is 16.5. The molecule has 1 unspecified atom stereocenters. The second kappa shape index (κ2) is 5.20. The Morgan fingerprint density at radius 2 is 2.33 bits per heavy atom. The van der Waals surface area contributed by atoms with Gasteiger partial charge in [-0.1, -0.05) is 0 Å². The van der Waals surface area contributed by atoms with E-state index in [1.54, 1.807) is 0 Å². The van der Waals surface area contributed by atoms with E-state index in [0.29, 0.717) is 6.54 Å². The van der Waals surface area contributed by atoms with E-state index < -0.39 is 0 Å². The molecule has 2 heterocycles. The molecule has 1 atom stereocenters. The van der Waals surface area contributed by atoms with Crippen LogP contribution in [0.4, 0.5) is 11.6 Å². The van der Waals surface area contributed by atoms with E-state index in [1.807, 2.05) is 20.0 Å². The van der Waals surface area contributed by atoms with Gasteiger partial charge >= 0.3 is 5.97 Å². The highest BCUT2D eigenvalue weighted by molar-refractivity contribution is 5.74. The standard InChI is InChI=1S/C12H18N4O2/c1-8-14-10(13-2)6-11(15-8)16-5-4-9(7-16)12(17)18-3/h6,9H,4-5,7H2,1-3H3,(H,13,14,15). The molecule has 1 aliphatic heterocycles. The quantitative estimate of drug-likeness (QED) is 0.801. The fourth-order valence-electron chi connectivity index (χ4n) is 2.17. The van der Waals surface area contributed by atoms with Crippen molar-refractivity contribution >= 4 is 17.6 Å². The van der Waals surface area contributed by atoms with Crippen LogP contribution in [0.1, 0.15) is 12.2 Å². The Morgan fingerprint density at radius 3 is 3.00 bits per heavy atom. The normalized spacial score (nSPS) is 18.8. The maximum Gasteiger partial charge on any atom is 0.310 e. The van der Waals surface area contributed by atoms with Gasteiger partial charge in [-0.25, -0.2) is 9.97 Å². The summed E-state index contributed by atoms with van der Waals surface area (Å²) in [4.78, 5) is 22.2. The summed E-state index contributed by atoms with van der Waals surface area (Å²) in [5.41, 5.74) is 0. The number of nitrogens with zero attached hydrogens (tertiary/aromatic N) is 3. The number of nitrogens with one attached hydrogen (secondary N) is 1. The SMILES string of the molecule is CNc1cc(N2CCC(C(=O)OC)C2)nc(C)n1. The predicted octanol–water partition coefficient (Wildman–Crippen LogP) is 0.826. The number of hydrogen-bond donors (Lipinski definition) is 1. The number of methoxy groups -OCH3 is 1. The third-order valence-corrected chi connectivity index (χ3v) is 3.13. The Morgan fingerprint density at radius 1 is 1.56 bits per heavy atom. The van der Waals surface area contributed by atoms with E-state index in [0.717, 1.165) is 30.4 Å². The molecule has 1 aromatic heterocycles. The average molecular weight is 250 g/mol. The molecule has 1 saturated heterocycles. The Balaban J connectivity index is 2.14. The minimum Gasteiger partial charge on any atom is -0.469 e. The maximum absolute atomic E-state index is 11.5. The van der Waals surface area contributed by atoms with Gasteiger partial charge in [-0.15, -0.1) is 0 Å². The van der Waals surface area contributed by atoms with E-state index in [-0.39, 0.29) is 11.9 Å². The molecule has 98 valence electrons. The van der Waals surface area contributed by atoms with Crippen molar-refractivity contribution in [2.24, 2.45) is 5.92 Å². The van der Waals surface area contributed by atoms with E-state index in [2.05, 4.69) is 20.2 Å². The van der Waals surface area contributed by atoms with Crippen molar-refractivity contribution in [2.45, 2.75) is 13.3 Å². The van der Waals surface area contributed by atoms with Crippen molar-refractivity contribution in [1.82, 2.24) is 9.97 Å². The maximum atomic E-state index is 11.5. The van der Waals surface area contributed by atoms with Crippen LogP contribution in [0.5, 0.6) is 0 Å². The summed E-state index contributed by atoms with van der Waals surface area (Å²) < 4.78 is 4.78. The molecular formula is C12H18N4O2. The van der Waals surface area contributed by atoms with Crippen molar-refractivity contribution in [3.8, 4) is 0 Å². The molecule has 0 aliphatic carbocycles. The van der Waals surface area contributed by atoms with Crippen LogP contribution in [0.25, 0.3) is 0 Å². The summed E-state index contributed by atoms with van der Waals surface area (Å²) >= 11 is 0. The van der Waals surface area contributed by atoms with Gasteiger partial charge in [-0.05, 0) is 13.3 Å². The lowest BCUT2D eigenvalue weighted by Crippen LogP contribution is -2.24. The third-order valence-electron chi connectivity index (χ3n) is 3.13. The molecule has 0 aromatic carbocycles. The van der Waals surface area contributed by atoms with Gasteiger partial charge in [0.2, 0.25) is 0 Å². The number of aryl methyl sites for hydroxylation is 1. The van der Waals surface area contributed by atoms with Crippen LogP contribution in [0.2, 0.25) is 0 Å². The molecule has 0 amide bonds. The molecule has 2 rings (SSSR count). The topological polar surface area (TPSA) is 67.4 Å². The average Bonchev–Trinajstić information content (AvgIpc) is 2.86. The molecule has 1 fully saturated rings. The minimum atomic E-state index is -0.142. The number of anilines is 2. The van der Waals surface area contributed by atoms with Gasteiger partial charge in [0.15, 0.2) is 0 Å². The van der Waals surface area contributed by atoms with Gasteiger partial charge in [-0.3, -0.25) is 4.79 Å². The predicted molar refractivity (Wildman–Crippen MR) is 68.7 cm³/mol. The van der Waals surface area contributed by atoms with E-state index in [4.69, 9.17) is 4.74 Å². The molecule has 6 nitrogen and oxygen atoms in total. The van der Waals surface area contributed by atoms with Crippen LogP contribution < -0.4 is 10.2 Å². The Labute approximate surface area is 106 Å². The second-order valence-electron chi connectivity index (χ2n) is 4.36. The van der Waals surface area contributed by atoms with Gasteiger partial charge < -0.3 is 15.0 Å². The molecule has 0 spiro atoms. The number of aromatic nitrogens is 2. The molecule has 0 saturated carbocycles. The lowest BCUT2D eigenvalue weighted by molar-refractivity contribution is -0.144. The summed E-state index contributed by atoms with van der Waals surface area (Å²) in [7, 11) is 3.26. The lowest BCUT2D eigenvalue weighted by atomic mass is 10.1. The molecule has 0 radical (unpaired) electrons. The fourth-order valence-corrected chi connectivity index (χ4v) is 2.17. The van der Waals surface area contributed by atoms with Crippen LogP contribution >= 0.6 is 0 Å². The smallest absolute Gasteiger partial charge is 0.310 e. The van der Waals surface area contributed by atoms with Gasteiger partial charge in [0, 0.05) is 26.2 Å². The van der Waals surface area contributed by atoms with E-state index >= 15 is 0 Å². The van der Waals surface area contributed by atoms with Crippen LogP contribution in [-0.4, -0.2) is 43.2 Å². The zero-order valence-electron chi connectivity index (χ0n) is 10.9. The van der Waals surface area contributed by atoms with Crippen LogP contribution in [-0.2, 0) is 9.53 Å². The molecule has 1 N–H and O–H groups in total. The summed E-state index contributed by atoms with van der Waals surface area (Å²) in [6.45, 7) is 3.34. The van der Waals surface area contributed by atoms with Crippen LogP contribution in [0.15, 0.2) is 6.07 Å². The molecule has 1 aromatic rings. The van der Waals surface area contributed by atoms with E-state index in [1.165, 1.54) is 7.11 Å². The highest BCUT2D eigenvalue weighted by Gasteiger charge is 2.29. The van der Waals surface area contributed by atoms with Crippen molar-refractivity contribution in [3.05, 3.63) is 11.9 Å². The minimum absolute atomic E-state index is 0.0525. The zero-order valence-corrected chi connectivity index (χ0v) is 10.9. The monoisotopic (exact) mass is 250 g/mol. The number of hydrogen-bond acceptors (Lipinski definition) is 6. The number of carbonyl (C=O) groups is 1. The number of carbonyl (C=O) groups excluding carboxylic acids is 1. The zero-order chi connectivity index (χ0) is 13.1. The van der Waals surface area contributed by atoms with Gasteiger partial charge in [0.05, 0.1) is 13.0 Å². The molecule has 6 heteroatoms. The number of ether oxygens (including phenoxy) is 1. The fraction of sp³-hybridized carbons (Fsp3) is 0.583. The molecule has 0 bridgehead atoms. The van der Waals surface area contributed by atoms with Crippen LogP contribution in [0, 0.1) is 12.8 Å². The Kier molecular flexibility index (Phi) is 3.64. The molecular weight excluding hydrogens is 232 g/mol. The summed E-state index contributed by atoms with van der Waals surface area (Å²) in [5, 5.41) is 3.01. The lowest BCUT2D eigenvalue weighted by Gasteiger charge is -2.18. The van der Waals surface area contributed by atoms with Gasteiger partial charge in [-0.2, -0.15) is 0 Å². The summed E-state index contributed by atoms with van der Waals surface area (Å²) in [6, 6.07) is 1.90. The Hall–Kier alpha value is -1.85. The molecule has 18 heavy (non-hydrogen) atoms. The first kappa shape index (κ1) is 12.6. The first-order valence-corrected chi connectivity index (χ1v) is 6.00. The first-order valence-electron chi connectivity index (χ1n) is 6.00. The third kappa shape index (κ3) is 2.52. The molecule has 1 aliphatic rings. The first-order chi connectivity index (χ1) is 8.63. The van der Waals surface area contributed by atoms with Crippen molar-refractivity contribution in [2.75, 3.05) is 37.5 Å². The van der Waals surface area contributed by atoms with Crippen molar-refractivity contribution < 1.29 is 9.53 Å². The Bertz CT molecular complexity index is 450. The summed E-state index contributed by atoms with van der Waals surface area (Å²) in [5.74, 6) is 2.18. The number of esters is 1. The highest BCUT2D eigenvalue weighted by Crippen LogP contribution is 2.24. The van der Waals surface area contributed by atoms with Gasteiger partial charge in [0.25, 0.3) is 0 Å². The van der Waals surface area contributed by atoms with Gasteiger partial charge in [0.1, 0.15) is 17.5 Å². The summed E-state index contributed by atoms with van der Waals surface area (Å²) in [6.07, 6.45) is 0.810. The second-order valence-corrected chi connectivity index (χ2v) is 4.36. The largest absolute Gasteiger partial charge is 0.469 e. The van der Waals surface area contributed by atoms with Crippen LogP contribution in [0.3, 0.4) is 0 Å². The van der Waals surface area contributed by atoms with E-state index in [9.17, 15) is 4.79 Å². The van der Waals surface area contributed by atoms with Crippen molar-refractivity contribution in [3.63, 3.8) is 0 Å². The number of rotatable bonds is 3. The van der Waals surface area contributed by atoms with Crippen molar-refractivity contribution in [1.29, 1.82) is 0 Å².